The lowest BCUT2D eigenvalue weighted by molar-refractivity contribution is -0.0276. The Morgan fingerprint density at radius 3 is 2.93 bits per heavy atom. The van der Waals surface area contributed by atoms with Crippen molar-refractivity contribution in [2.24, 2.45) is 5.73 Å². The van der Waals surface area contributed by atoms with Crippen molar-refractivity contribution in [3.63, 3.8) is 0 Å². The lowest BCUT2D eigenvalue weighted by atomic mass is 10.2. The fourth-order valence-electron chi connectivity index (χ4n) is 2.26. The SMILES string of the molecule is CC(C)(O)COCc1cccc(Nc2sc(-c3nc[nH]n3)cc2C(N)=O)n1. The summed E-state index contributed by atoms with van der Waals surface area (Å²) in [4.78, 5) is 21.0. The quantitative estimate of drug-likeness (QED) is 0.463. The van der Waals surface area contributed by atoms with Crippen molar-refractivity contribution in [2.75, 3.05) is 11.9 Å². The number of hydrogen-bond acceptors (Lipinski definition) is 8. The molecular formula is C17H20N6O3S. The van der Waals surface area contributed by atoms with Crippen LogP contribution in [0.3, 0.4) is 0 Å². The third-order valence-electron chi connectivity index (χ3n) is 3.39. The highest BCUT2D eigenvalue weighted by atomic mass is 32.1. The summed E-state index contributed by atoms with van der Waals surface area (Å²) in [5.74, 6) is 0.475. The van der Waals surface area contributed by atoms with E-state index in [1.807, 2.05) is 12.1 Å². The summed E-state index contributed by atoms with van der Waals surface area (Å²) in [6, 6.07) is 7.06. The molecule has 3 heterocycles. The normalized spacial score (nSPS) is 11.5. The van der Waals surface area contributed by atoms with Crippen LogP contribution >= 0.6 is 11.3 Å². The third-order valence-corrected chi connectivity index (χ3v) is 4.43. The molecule has 0 atom stereocenters. The van der Waals surface area contributed by atoms with Crippen LogP contribution in [0.15, 0.2) is 30.6 Å². The van der Waals surface area contributed by atoms with Gasteiger partial charge in [-0.15, -0.1) is 11.3 Å². The molecule has 3 aromatic heterocycles. The van der Waals surface area contributed by atoms with E-state index in [1.54, 1.807) is 26.0 Å². The minimum Gasteiger partial charge on any atom is -0.388 e. The molecule has 0 unspecified atom stereocenters. The molecule has 1 amide bonds. The van der Waals surface area contributed by atoms with Gasteiger partial charge in [0.1, 0.15) is 17.1 Å². The van der Waals surface area contributed by atoms with Crippen molar-refractivity contribution >= 4 is 28.1 Å². The smallest absolute Gasteiger partial charge is 0.251 e. The molecule has 0 saturated heterocycles. The van der Waals surface area contributed by atoms with Gasteiger partial charge in [0.05, 0.1) is 34.9 Å². The summed E-state index contributed by atoms with van der Waals surface area (Å²) in [7, 11) is 0. The topological polar surface area (TPSA) is 139 Å². The van der Waals surface area contributed by atoms with Crippen molar-refractivity contribution < 1.29 is 14.6 Å². The van der Waals surface area contributed by atoms with Gasteiger partial charge in [-0.1, -0.05) is 6.07 Å². The second-order valence-corrected chi connectivity index (χ2v) is 7.54. The number of carbonyl (C=O) groups is 1. The predicted molar refractivity (Wildman–Crippen MR) is 102 cm³/mol. The Balaban J connectivity index is 1.77. The molecule has 10 heteroatoms. The molecule has 0 bridgehead atoms. The predicted octanol–water partition coefficient (Wildman–Crippen LogP) is 2.06. The number of H-pyrrole nitrogens is 1. The summed E-state index contributed by atoms with van der Waals surface area (Å²) in [6.07, 6.45) is 1.46. The van der Waals surface area contributed by atoms with E-state index in [0.29, 0.717) is 32.8 Å². The minimum absolute atomic E-state index is 0.198. The largest absolute Gasteiger partial charge is 0.388 e. The van der Waals surface area contributed by atoms with Crippen LogP contribution in [0.2, 0.25) is 0 Å². The minimum atomic E-state index is -0.903. The van der Waals surface area contributed by atoms with Gasteiger partial charge in [-0.2, -0.15) is 5.10 Å². The van der Waals surface area contributed by atoms with Crippen LogP contribution in [0.25, 0.3) is 10.7 Å². The van der Waals surface area contributed by atoms with Gasteiger partial charge in [0, 0.05) is 0 Å². The first-order chi connectivity index (χ1) is 12.8. The number of ether oxygens (including phenoxy) is 1. The standard InChI is InChI=1S/C17H20N6O3S/c1-17(2,25)8-26-7-10-4-3-5-13(21-10)22-16-11(14(18)24)6-12(27-16)15-19-9-20-23-15/h3-6,9,25H,7-8H2,1-2H3,(H2,18,24)(H,21,22)(H,19,20,23). The Labute approximate surface area is 159 Å². The van der Waals surface area contributed by atoms with E-state index >= 15 is 0 Å². The summed E-state index contributed by atoms with van der Waals surface area (Å²) in [5.41, 5.74) is 5.61. The fraction of sp³-hybridized carbons (Fsp3) is 0.294. The highest BCUT2D eigenvalue weighted by Gasteiger charge is 2.17. The number of rotatable bonds is 8. The van der Waals surface area contributed by atoms with E-state index in [0.717, 1.165) is 0 Å². The average Bonchev–Trinajstić information content (AvgIpc) is 3.23. The fourth-order valence-corrected chi connectivity index (χ4v) is 3.27. The number of thiophene rings is 1. The average molecular weight is 388 g/mol. The first-order valence-electron chi connectivity index (χ1n) is 8.15. The number of primary amides is 1. The number of nitrogens with one attached hydrogen (secondary N) is 2. The van der Waals surface area contributed by atoms with Crippen molar-refractivity contribution in [1.82, 2.24) is 20.2 Å². The first kappa shape index (κ1) is 19.0. The molecule has 5 N–H and O–H groups in total. The Kier molecular flexibility index (Phi) is 5.49. The number of aromatic amines is 1. The number of carbonyl (C=O) groups excluding carboxylic acids is 1. The Morgan fingerprint density at radius 2 is 2.26 bits per heavy atom. The zero-order valence-corrected chi connectivity index (χ0v) is 15.7. The molecule has 142 valence electrons. The number of anilines is 2. The Morgan fingerprint density at radius 1 is 1.44 bits per heavy atom. The molecule has 0 saturated carbocycles. The molecule has 3 rings (SSSR count). The Bertz CT molecular complexity index is 917. The van der Waals surface area contributed by atoms with E-state index in [2.05, 4.69) is 25.5 Å². The van der Waals surface area contributed by atoms with Crippen molar-refractivity contribution in [3.05, 3.63) is 41.9 Å². The number of aliphatic hydroxyl groups is 1. The molecule has 9 nitrogen and oxygen atoms in total. The summed E-state index contributed by atoms with van der Waals surface area (Å²) < 4.78 is 5.47. The van der Waals surface area contributed by atoms with Gasteiger partial charge < -0.3 is 20.9 Å². The summed E-state index contributed by atoms with van der Waals surface area (Å²) >= 11 is 1.31. The van der Waals surface area contributed by atoms with Crippen LogP contribution in [0.1, 0.15) is 29.9 Å². The maximum Gasteiger partial charge on any atom is 0.251 e. The first-order valence-corrected chi connectivity index (χ1v) is 8.96. The van der Waals surface area contributed by atoms with E-state index in [-0.39, 0.29) is 13.2 Å². The van der Waals surface area contributed by atoms with Crippen LogP contribution in [0.5, 0.6) is 0 Å². The summed E-state index contributed by atoms with van der Waals surface area (Å²) in [6.45, 7) is 3.80. The molecular weight excluding hydrogens is 368 g/mol. The van der Waals surface area contributed by atoms with Gasteiger partial charge >= 0.3 is 0 Å². The van der Waals surface area contributed by atoms with Crippen LogP contribution in [-0.2, 0) is 11.3 Å². The van der Waals surface area contributed by atoms with Crippen molar-refractivity contribution in [3.8, 4) is 10.7 Å². The zero-order valence-electron chi connectivity index (χ0n) is 14.9. The maximum atomic E-state index is 11.8. The molecule has 0 spiro atoms. The van der Waals surface area contributed by atoms with E-state index in [4.69, 9.17) is 10.5 Å². The van der Waals surface area contributed by atoms with Crippen LogP contribution in [-0.4, -0.2) is 43.4 Å². The lowest BCUT2D eigenvalue weighted by Gasteiger charge is -2.16. The Hall–Kier alpha value is -2.82. The zero-order chi connectivity index (χ0) is 19.4. The van der Waals surface area contributed by atoms with Crippen LogP contribution in [0, 0.1) is 0 Å². The molecule has 0 aliphatic heterocycles. The molecule has 27 heavy (non-hydrogen) atoms. The molecule has 0 radical (unpaired) electrons. The van der Waals surface area contributed by atoms with Crippen LogP contribution < -0.4 is 11.1 Å². The molecule has 3 aromatic rings. The number of nitrogens with two attached hydrogens (primary N) is 1. The molecule has 0 aromatic carbocycles. The van der Waals surface area contributed by atoms with E-state index in [9.17, 15) is 9.90 Å². The second kappa shape index (κ2) is 7.82. The van der Waals surface area contributed by atoms with Gasteiger partial charge in [-0.3, -0.25) is 9.89 Å². The number of amides is 1. The third kappa shape index (κ3) is 5.09. The van der Waals surface area contributed by atoms with E-state index < -0.39 is 11.5 Å². The van der Waals surface area contributed by atoms with Crippen LogP contribution in [0.4, 0.5) is 10.8 Å². The number of hydrogen-bond donors (Lipinski definition) is 4. The van der Waals surface area contributed by atoms with Gasteiger partial charge in [0.25, 0.3) is 5.91 Å². The maximum absolute atomic E-state index is 11.8. The van der Waals surface area contributed by atoms with Gasteiger partial charge in [-0.25, -0.2) is 9.97 Å². The highest BCUT2D eigenvalue weighted by Crippen LogP contribution is 2.35. The highest BCUT2D eigenvalue weighted by molar-refractivity contribution is 7.19. The molecule has 0 fully saturated rings. The second-order valence-electron chi connectivity index (χ2n) is 6.48. The molecule has 0 aliphatic rings. The van der Waals surface area contributed by atoms with E-state index in [1.165, 1.54) is 17.7 Å². The monoisotopic (exact) mass is 388 g/mol. The summed E-state index contributed by atoms with van der Waals surface area (Å²) in [5, 5.41) is 20.0. The van der Waals surface area contributed by atoms with Gasteiger partial charge in [0.2, 0.25) is 0 Å². The van der Waals surface area contributed by atoms with Gasteiger partial charge in [0.15, 0.2) is 5.82 Å². The lowest BCUT2D eigenvalue weighted by Crippen LogP contribution is -2.25. The van der Waals surface area contributed by atoms with Crippen molar-refractivity contribution in [1.29, 1.82) is 0 Å². The number of nitrogens with zero attached hydrogens (tertiary/aromatic N) is 3. The number of pyridine rings is 1. The molecule has 0 aliphatic carbocycles. The van der Waals surface area contributed by atoms with Crippen molar-refractivity contribution in [2.45, 2.75) is 26.1 Å². The number of aromatic nitrogens is 4. The van der Waals surface area contributed by atoms with Gasteiger partial charge in [-0.05, 0) is 32.0 Å².